The number of rotatable bonds is 2. The van der Waals surface area contributed by atoms with E-state index >= 15 is 0 Å². The van der Waals surface area contributed by atoms with Crippen molar-refractivity contribution in [1.29, 1.82) is 10.5 Å². The van der Waals surface area contributed by atoms with E-state index in [9.17, 15) is 10.5 Å². The summed E-state index contributed by atoms with van der Waals surface area (Å²) in [6, 6.07) is 6.17. The van der Waals surface area contributed by atoms with Gasteiger partial charge < -0.3 is 14.9 Å². The van der Waals surface area contributed by atoms with E-state index in [4.69, 9.17) is 0 Å². The number of nitrogens with zero attached hydrogens (tertiary/aromatic N) is 5. The number of fused-ring (bicyclic) bond motifs is 2. The lowest BCUT2D eigenvalue weighted by atomic mass is 10.1. The highest BCUT2D eigenvalue weighted by Gasteiger charge is 2.21. The average Bonchev–Trinajstić information content (AvgIpc) is 3.19. The third kappa shape index (κ3) is 2.02. The number of anilines is 2. The maximum absolute atomic E-state index is 9.40. The molecule has 0 radical (unpaired) electrons. The molecule has 23 heavy (non-hydrogen) atoms. The van der Waals surface area contributed by atoms with Crippen LogP contribution >= 0.6 is 0 Å². The third-order valence-corrected chi connectivity index (χ3v) is 4.14. The van der Waals surface area contributed by atoms with Crippen LogP contribution in [-0.4, -0.2) is 19.5 Å². The van der Waals surface area contributed by atoms with Crippen molar-refractivity contribution >= 4 is 22.5 Å². The van der Waals surface area contributed by atoms with Gasteiger partial charge in [-0.25, -0.2) is 9.97 Å². The molecule has 0 saturated heterocycles. The molecule has 0 unspecified atom stereocenters. The fourth-order valence-corrected chi connectivity index (χ4v) is 3.03. The van der Waals surface area contributed by atoms with Gasteiger partial charge in [-0.15, -0.1) is 0 Å². The maximum Gasteiger partial charge on any atom is 0.183 e. The van der Waals surface area contributed by atoms with Gasteiger partial charge in [0.25, 0.3) is 0 Å². The highest BCUT2D eigenvalue weighted by Crippen LogP contribution is 2.31. The van der Waals surface area contributed by atoms with Crippen LogP contribution in [0.2, 0.25) is 0 Å². The van der Waals surface area contributed by atoms with Crippen LogP contribution in [0.15, 0.2) is 18.5 Å². The minimum atomic E-state index is 0.367. The van der Waals surface area contributed by atoms with Gasteiger partial charge in [-0.2, -0.15) is 10.5 Å². The summed E-state index contributed by atoms with van der Waals surface area (Å²) >= 11 is 0. The zero-order valence-electron chi connectivity index (χ0n) is 12.3. The average molecular weight is 303 g/mol. The van der Waals surface area contributed by atoms with Gasteiger partial charge in [0, 0.05) is 30.7 Å². The molecule has 4 rings (SSSR count). The summed E-state index contributed by atoms with van der Waals surface area (Å²) in [4.78, 5) is 11.7. The molecule has 7 nitrogen and oxygen atoms in total. The second-order valence-corrected chi connectivity index (χ2v) is 5.47. The first-order valence-corrected chi connectivity index (χ1v) is 7.44. The zero-order chi connectivity index (χ0) is 15.8. The lowest BCUT2D eigenvalue weighted by Crippen LogP contribution is -2.13. The van der Waals surface area contributed by atoms with Gasteiger partial charge in [0.15, 0.2) is 5.69 Å². The molecule has 0 amide bonds. The molecule has 4 heterocycles. The zero-order valence-corrected chi connectivity index (χ0v) is 12.3. The molecule has 0 aliphatic carbocycles. The van der Waals surface area contributed by atoms with Crippen molar-refractivity contribution in [1.82, 2.24) is 19.5 Å². The Morgan fingerprint density at radius 1 is 1.26 bits per heavy atom. The Bertz CT molecular complexity index is 980. The molecule has 3 aromatic rings. The van der Waals surface area contributed by atoms with Crippen LogP contribution in [0.1, 0.15) is 29.9 Å². The van der Waals surface area contributed by atoms with E-state index in [2.05, 4.69) is 32.4 Å². The van der Waals surface area contributed by atoms with Crippen molar-refractivity contribution in [2.45, 2.75) is 25.8 Å². The predicted octanol–water partition coefficient (Wildman–Crippen LogP) is 2.58. The van der Waals surface area contributed by atoms with Gasteiger partial charge in [-0.05, 0) is 18.9 Å². The number of pyridine rings is 1. The molecule has 1 aliphatic rings. The minimum absolute atomic E-state index is 0.367. The fourth-order valence-electron chi connectivity index (χ4n) is 3.03. The number of aryl methyl sites for hydroxylation is 1. The molecule has 0 spiro atoms. The van der Waals surface area contributed by atoms with Crippen molar-refractivity contribution in [2.75, 3.05) is 5.32 Å². The monoisotopic (exact) mass is 303 g/mol. The van der Waals surface area contributed by atoms with Crippen LogP contribution in [0.25, 0.3) is 11.0 Å². The second kappa shape index (κ2) is 5.15. The van der Waals surface area contributed by atoms with E-state index < -0.39 is 0 Å². The van der Waals surface area contributed by atoms with E-state index in [0.29, 0.717) is 28.4 Å². The Kier molecular flexibility index (Phi) is 2.99. The van der Waals surface area contributed by atoms with Crippen molar-refractivity contribution in [3.8, 4) is 12.1 Å². The Morgan fingerprint density at radius 2 is 2.17 bits per heavy atom. The van der Waals surface area contributed by atoms with E-state index in [1.165, 1.54) is 6.20 Å². The van der Waals surface area contributed by atoms with Crippen LogP contribution in [0, 0.1) is 22.7 Å². The normalized spacial score (nSPS) is 13.3. The highest BCUT2D eigenvalue weighted by molar-refractivity contribution is 5.94. The molecular weight excluding hydrogens is 290 g/mol. The summed E-state index contributed by atoms with van der Waals surface area (Å²) in [6.07, 6.45) is 6.32. The van der Waals surface area contributed by atoms with Crippen molar-refractivity contribution in [3.05, 3.63) is 35.5 Å². The number of nitrogens with one attached hydrogen (secondary N) is 2. The second-order valence-electron chi connectivity index (χ2n) is 5.47. The van der Waals surface area contributed by atoms with Gasteiger partial charge >= 0.3 is 0 Å². The van der Waals surface area contributed by atoms with Gasteiger partial charge in [0.05, 0.1) is 11.3 Å². The Morgan fingerprint density at radius 3 is 3.00 bits per heavy atom. The third-order valence-electron chi connectivity index (χ3n) is 4.14. The first-order valence-electron chi connectivity index (χ1n) is 7.44. The van der Waals surface area contributed by atoms with Gasteiger partial charge in [-0.1, -0.05) is 0 Å². The predicted molar refractivity (Wildman–Crippen MR) is 84.0 cm³/mol. The van der Waals surface area contributed by atoms with Gasteiger partial charge in [0.1, 0.15) is 29.4 Å². The Balaban J connectivity index is 1.89. The summed E-state index contributed by atoms with van der Waals surface area (Å²) in [5, 5.41) is 22.9. The molecule has 112 valence electrons. The number of H-pyrrole nitrogens is 1. The van der Waals surface area contributed by atoms with Crippen molar-refractivity contribution in [3.63, 3.8) is 0 Å². The van der Waals surface area contributed by atoms with E-state index in [1.807, 2.05) is 10.6 Å². The summed E-state index contributed by atoms with van der Waals surface area (Å²) < 4.78 is 2.04. The Hall–Kier alpha value is -3.32. The summed E-state index contributed by atoms with van der Waals surface area (Å²) in [5.74, 6) is 1.58. The number of aromatic nitrogens is 4. The van der Waals surface area contributed by atoms with E-state index in [-0.39, 0.29) is 0 Å². The number of hydrogen-bond donors (Lipinski definition) is 2. The standard InChI is InChI=1S/C16H13N7/c17-7-10-9-20-15-11(4-5-19-15)14(10)22-16-12(8-18)21-13-3-1-2-6-23(13)16/h4-5,9H,1-3,6H2,(H2,19,20,22). The highest BCUT2D eigenvalue weighted by atomic mass is 15.2. The number of hydrogen-bond acceptors (Lipinski definition) is 5. The van der Waals surface area contributed by atoms with E-state index in [1.54, 1.807) is 6.20 Å². The van der Waals surface area contributed by atoms with Crippen LogP contribution < -0.4 is 5.32 Å². The molecule has 1 aliphatic heterocycles. The largest absolute Gasteiger partial charge is 0.346 e. The number of imidazole rings is 1. The first-order chi connectivity index (χ1) is 11.3. The summed E-state index contributed by atoms with van der Waals surface area (Å²) in [5.41, 5.74) is 2.16. The smallest absolute Gasteiger partial charge is 0.183 e. The lowest BCUT2D eigenvalue weighted by Gasteiger charge is -2.17. The lowest BCUT2D eigenvalue weighted by molar-refractivity contribution is 0.526. The molecular formula is C16H13N7. The Labute approximate surface area is 132 Å². The molecule has 0 fully saturated rings. The van der Waals surface area contributed by atoms with Gasteiger partial charge in [-0.3, -0.25) is 0 Å². The molecule has 0 aromatic carbocycles. The fraction of sp³-hybridized carbons (Fsp3) is 0.250. The minimum Gasteiger partial charge on any atom is -0.346 e. The molecule has 2 N–H and O–H groups in total. The first kappa shape index (κ1) is 13.4. The molecule has 0 saturated carbocycles. The number of aromatic amines is 1. The van der Waals surface area contributed by atoms with Crippen LogP contribution in [-0.2, 0) is 13.0 Å². The quantitative estimate of drug-likeness (QED) is 0.756. The summed E-state index contributed by atoms with van der Waals surface area (Å²) in [6.45, 7) is 0.829. The molecule has 7 heteroatoms. The molecule has 3 aromatic heterocycles. The van der Waals surface area contributed by atoms with E-state index in [0.717, 1.165) is 37.0 Å². The van der Waals surface area contributed by atoms with Crippen molar-refractivity contribution < 1.29 is 0 Å². The topological polar surface area (TPSA) is 106 Å². The van der Waals surface area contributed by atoms with Crippen molar-refractivity contribution in [2.24, 2.45) is 0 Å². The molecule has 0 atom stereocenters. The maximum atomic E-state index is 9.40. The molecule has 0 bridgehead atoms. The van der Waals surface area contributed by atoms with Crippen LogP contribution in [0.5, 0.6) is 0 Å². The SMILES string of the molecule is N#Cc1cnc2[nH]ccc2c1Nc1c(C#N)nc2n1CCCC2. The van der Waals surface area contributed by atoms with Gasteiger partial charge in [0.2, 0.25) is 0 Å². The van der Waals surface area contributed by atoms with Crippen LogP contribution in [0.4, 0.5) is 11.5 Å². The van der Waals surface area contributed by atoms with Crippen LogP contribution in [0.3, 0.4) is 0 Å². The number of nitriles is 2. The summed E-state index contributed by atoms with van der Waals surface area (Å²) in [7, 11) is 0.